The minimum Gasteiger partial charge on any atom is -0.508 e. The summed E-state index contributed by atoms with van der Waals surface area (Å²) in [5, 5.41) is 10.5. The third-order valence-corrected chi connectivity index (χ3v) is 8.61. The van der Waals surface area contributed by atoms with Crippen LogP contribution < -0.4 is 0 Å². The first-order valence-corrected chi connectivity index (χ1v) is 11.5. The highest BCUT2D eigenvalue weighted by Crippen LogP contribution is 2.57. The summed E-state index contributed by atoms with van der Waals surface area (Å²) in [6, 6.07) is 5.93. The predicted octanol–water partition coefficient (Wildman–Crippen LogP) is 4.20. The van der Waals surface area contributed by atoms with Gasteiger partial charge in [-0.1, -0.05) is 32.9 Å². The van der Waals surface area contributed by atoms with Crippen LogP contribution in [0.3, 0.4) is 0 Å². The second kappa shape index (κ2) is 7.58. The van der Waals surface area contributed by atoms with E-state index in [1.165, 1.54) is 5.56 Å². The van der Waals surface area contributed by atoms with Crippen LogP contribution in [-0.2, 0) is 26.2 Å². The lowest BCUT2D eigenvalue weighted by Crippen LogP contribution is -2.65. The molecule has 0 aromatic heterocycles. The second-order valence-electron chi connectivity index (χ2n) is 10.2. The van der Waals surface area contributed by atoms with Crippen molar-refractivity contribution < 1.29 is 19.4 Å². The second-order valence-corrected chi connectivity index (χ2v) is 10.2. The smallest absolute Gasteiger partial charge is 0.308 e. The van der Waals surface area contributed by atoms with Crippen molar-refractivity contribution in [1.82, 2.24) is 4.90 Å². The fraction of sp³-hybridized carbons (Fsp3) is 0.680. The van der Waals surface area contributed by atoms with Crippen LogP contribution in [0, 0.1) is 17.3 Å². The van der Waals surface area contributed by atoms with Crippen molar-refractivity contribution in [3.63, 3.8) is 0 Å². The quantitative estimate of drug-likeness (QED) is 0.754. The van der Waals surface area contributed by atoms with Crippen molar-refractivity contribution in [3.8, 4) is 5.75 Å². The maximum absolute atomic E-state index is 13.6. The molecule has 2 fully saturated rings. The number of hydrogen-bond acceptors (Lipinski definition) is 4. The Balaban J connectivity index is 1.54. The summed E-state index contributed by atoms with van der Waals surface area (Å²) in [6.07, 6.45) is 4.58. The van der Waals surface area contributed by atoms with Gasteiger partial charge in [-0.3, -0.25) is 9.59 Å². The van der Waals surface area contributed by atoms with Crippen LogP contribution >= 0.6 is 0 Å². The SMILES string of the molecule is CCOC(=O)C1CCC(C(=O)N2CC[C@@]3(C)c4cccc(O)c4C[C@@H]2C3(C)C)CC1. The van der Waals surface area contributed by atoms with Gasteiger partial charge in [-0.2, -0.15) is 0 Å². The average molecular weight is 414 g/mol. The molecule has 5 heteroatoms. The van der Waals surface area contributed by atoms with E-state index < -0.39 is 0 Å². The molecule has 3 aliphatic rings. The monoisotopic (exact) mass is 413 g/mol. The number of likely N-dealkylation sites (tertiary alicyclic amines) is 1. The average Bonchev–Trinajstić information content (AvgIpc) is 2.71. The predicted molar refractivity (Wildman–Crippen MR) is 115 cm³/mol. The molecule has 4 rings (SSSR count). The lowest BCUT2D eigenvalue weighted by molar-refractivity contribution is -0.154. The van der Waals surface area contributed by atoms with E-state index in [1.807, 2.05) is 13.0 Å². The molecular formula is C25H35NO4. The topological polar surface area (TPSA) is 66.8 Å². The molecule has 1 heterocycles. The number of hydrogen-bond donors (Lipinski definition) is 1. The molecule has 0 spiro atoms. The minimum atomic E-state index is -0.113. The van der Waals surface area contributed by atoms with Crippen molar-refractivity contribution in [1.29, 1.82) is 0 Å². The molecule has 2 bridgehead atoms. The van der Waals surface area contributed by atoms with E-state index in [-0.39, 0.29) is 40.6 Å². The Labute approximate surface area is 179 Å². The van der Waals surface area contributed by atoms with Gasteiger partial charge in [0.05, 0.1) is 12.5 Å². The van der Waals surface area contributed by atoms with Crippen molar-refractivity contribution in [2.75, 3.05) is 13.2 Å². The van der Waals surface area contributed by atoms with Crippen LogP contribution in [0.25, 0.3) is 0 Å². The van der Waals surface area contributed by atoms with Gasteiger partial charge in [0.2, 0.25) is 5.91 Å². The molecule has 1 amide bonds. The summed E-state index contributed by atoms with van der Waals surface area (Å²) in [5.41, 5.74) is 2.10. The van der Waals surface area contributed by atoms with E-state index in [0.29, 0.717) is 18.8 Å². The zero-order valence-corrected chi connectivity index (χ0v) is 18.7. The number of aromatic hydroxyl groups is 1. The molecule has 0 radical (unpaired) electrons. The van der Waals surface area contributed by atoms with Crippen LogP contribution in [0.15, 0.2) is 18.2 Å². The number of nitrogens with zero attached hydrogens (tertiary/aromatic N) is 1. The van der Waals surface area contributed by atoms with Gasteiger partial charge in [-0.25, -0.2) is 0 Å². The fourth-order valence-corrected chi connectivity index (χ4v) is 6.26. The van der Waals surface area contributed by atoms with E-state index in [2.05, 4.69) is 31.7 Å². The number of carbonyl (C=O) groups excluding carboxylic acids is 2. The highest BCUT2D eigenvalue weighted by molar-refractivity contribution is 5.80. The lowest BCUT2D eigenvalue weighted by Gasteiger charge is -2.61. The summed E-state index contributed by atoms with van der Waals surface area (Å²) < 4.78 is 5.17. The molecule has 0 unspecified atom stereocenters. The zero-order chi connectivity index (χ0) is 21.7. The molecule has 1 N–H and O–H groups in total. The maximum atomic E-state index is 13.6. The Morgan fingerprint density at radius 1 is 1.13 bits per heavy atom. The first-order valence-electron chi connectivity index (χ1n) is 11.5. The van der Waals surface area contributed by atoms with Gasteiger partial charge in [-0.05, 0) is 68.1 Å². The van der Waals surface area contributed by atoms with Crippen LogP contribution in [0.1, 0.15) is 70.9 Å². The largest absolute Gasteiger partial charge is 0.508 e. The molecule has 164 valence electrons. The standard InChI is InChI=1S/C25H35NO4/c1-5-30-23(29)17-11-9-16(10-12-17)22(28)26-14-13-25(4)19-7-6-8-20(27)18(19)15-21(26)24(25,2)3/h6-8,16-17,21,27H,5,9-15H2,1-4H3/t16?,17?,21-,25+/m1/s1. The van der Waals surface area contributed by atoms with Crippen LogP contribution in [0.2, 0.25) is 0 Å². The van der Waals surface area contributed by atoms with E-state index in [4.69, 9.17) is 4.74 Å². The number of fused-ring (bicyclic) bond motifs is 4. The number of amides is 1. The highest BCUT2D eigenvalue weighted by Gasteiger charge is 2.57. The molecule has 30 heavy (non-hydrogen) atoms. The van der Waals surface area contributed by atoms with Gasteiger partial charge >= 0.3 is 5.97 Å². The van der Waals surface area contributed by atoms with Crippen molar-refractivity contribution in [2.24, 2.45) is 17.3 Å². The maximum Gasteiger partial charge on any atom is 0.308 e. The Bertz CT molecular complexity index is 840. The summed E-state index contributed by atoms with van der Waals surface area (Å²) in [5.74, 6) is 0.396. The van der Waals surface area contributed by atoms with Crippen molar-refractivity contribution >= 4 is 11.9 Å². The third kappa shape index (κ3) is 3.12. The number of rotatable bonds is 3. The molecule has 1 aromatic carbocycles. The molecule has 2 atom stereocenters. The molecule has 1 aromatic rings. The molecule has 1 saturated carbocycles. The van der Waals surface area contributed by atoms with E-state index >= 15 is 0 Å². The lowest BCUT2D eigenvalue weighted by atomic mass is 9.51. The van der Waals surface area contributed by atoms with Crippen molar-refractivity contribution in [2.45, 2.75) is 77.7 Å². The van der Waals surface area contributed by atoms with Gasteiger partial charge < -0.3 is 14.7 Å². The third-order valence-electron chi connectivity index (χ3n) is 8.61. The van der Waals surface area contributed by atoms with Gasteiger partial charge in [0.15, 0.2) is 0 Å². The number of piperidine rings is 1. The van der Waals surface area contributed by atoms with Gasteiger partial charge in [0, 0.05) is 23.9 Å². The molecule has 2 aliphatic carbocycles. The van der Waals surface area contributed by atoms with E-state index in [0.717, 1.165) is 44.2 Å². The summed E-state index contributed by atoms with van der Waals surface area (Å²) >= 11 is 0. The number of phenolic OH excluding ortho intramolecular Hbond substituents is 1. The Morgan fingerprint density at radius 2 is 1.80 bits per heavy atom. The zero-order valence-electron chi connectivity index (χ0n) is 18.7. The van der Waals surface area contributed by atoms with Gasteiger partial charge in [0.25, 0.3) is 0 Å². The summed E-state index contributed by atoms with van der Waals surface area (Å²) in [4.78, 5) is 27.7. The Hall–Kier alpha value is -2.04. The first kappa shape index (κ1) is 21.2. The van der Waals surface area contributed by atoms with E-state index in [9.17, 15) is 14.7 Å². The van der Waals surface area contributed by atoms with Crippen LogP contribution in [0.4, 0.5) is 0 Å². The number of carbonyl (C=O) groups is 2. The summed E-state index contributed by atoms with van der Waals surface area (Å²) in [6.45, 7) is 9.86. The van der Waals surface area contributed by atoms with Crippen LogP contribution in [0.5, 0.6) is 5.75 Å². The highest BCUT2D eigenvalue weighted by atomic mass is 16.5. The minimum absolute atomic E-state index is 0.0124. The number of esters is 1. The normalized spacial score (nSPS) is 32.3. The van der Waals surface area contributed by atoms with Crippen molar-refractivity contribution in [3.05, 3.63) is 29.3 Å². The van der Waals surface area contributed by atoms with Gasteiger partial charge in [0.1, 0.15) is 5.75 Å². The fourth-order valence-electron chi connectivity index (χ4n) is 6.26. The Kier molecular flexibility index (Phi) is 5.36. The first-order chi connectivity index (χ1) is 14.2. The van der Waals surface area contributed by atoms with Crippen LogP contribution in [-0.4, -0.2) is 41.1 Å². The van der Waals surface area contributed by atoms with Gasteiger partial charge in [-0.15, -0.1) is 0 Å². The number of benzene rings is 1. The number of ether oxygens (including phenoxy) is 1. The molecule has 1 aliphatic heterocycles. The molecular weight excluding hydrogens is 378 g/mol. The molecule has 1 saturated heterocycles. The number of phenols is 1. The van der Waals surface area contributed by atoms with E-state index in [1.54, 1.807) is 6.07 Å². The molecule has 5 nitrogen and oxygen atoms in total. The Morgan fingerprint density at radius 3 is 2.47 bits per heavy atom. The summed E-state index contributed by atoms with van der Waals surface area (Å²) in [7, 11) is 0.